The van der Waals surface area contributed by atoms with Crippen molar-refractivity contribution in [3.8, 4) is 0 Å². The van der Waals surface area contributed by atoms with Crippen LogP contribution < -0.4 is 11.1 Å². The van der Waals surface area contributed by atoms with Gasteiger partial charge in [-0.2, -0.15) is 0 Å². The van der Waals surface area contributed by atoms with Crippen molar-refractivity contribution in [2.75, 3.05) is 5.32 Å². The van der Waals surface area contributed by atoms with Crippen LogP contribution in [-0.2, 0) is 6.42 Å². The molecule has 110 valence electrons. The van der Waals surface area contributed by atoms with Gasteiger partial charge in [0.1, 0.15) is 0 Å². The Morgan fingerprint density at radius 2 is 1.52 bits per heavy atom. The highest BCUT2D eigenvalue weighted by Crippen LogP contribution is 2.25. The van der Waals surface area contributed by atoms with Crippen LogP contribution in [0.25, 0.3) is 0 Å². The number of para-hydroxylation sites is 1. The van der Waals surface area contributed by atoms with E-state index in [0.717, 1.165) is 19.3 Å². The normalized spacial score (nSPS) is 22.0. The van der Waals surface area contributed by atoms with Crippen LogP contribution in [0.5, 0.6) is 0 Å². The second kappa shape index (κ2) is 6.77. The average Bonchev–Trinajstić information content (AvgIpc) is 2.52. The van der Waals surface area contributed by atoms with Crippen LogP contribution in [0.3, 0.4) is 0 Å². The van der Waals surface area contributed by atoms with Crippen molar-refractivity contribution in [1.29, 1.82) is 0 Å². The largest absolute Gasteiger partial charge is 0.382 e. The Labute approximate surface area is 127 Å². The molecule has 0 unspecified atom stereocenters. The van der Waals surface area contributed by atoms with Crippen LogP contribution in [0.1, 0.15) is 36.8 Å². The van der Waals surface area contributed by atoms with E-state index in [0.29, 0.717) is 12.1 Å². The van der Waals surface area contributed by atoms with E-state index in [1.807, 2.05) is 0 Å². The summed E-state index contributed by atoms with van der Waals surface area (Å²) < 4.78 is 0. The van der Waals surface area contributed by atoms with E-state index in [-0.39, 0.29) is 0 Å². The number of anilines is 1. The van der Waals surface area contributed by atoms with Gasteiger partial charge >= 0.3 is 0 Å². The molecule has 3 N–H and O–H groups in total. The molecule has 2 heteroatoms. The van der Waals surface area contributed by atoms with Crippen molar-refractivity contribution in [2.45, 2.75) is 44.2 Å². The second-order valence-electron chi connectivity index (χ2n) is 6.08. The Bertz CT molecular complexity index is 557. The topological polar surface area (TPSA) is 38.0 Å². The van der Waals surface area contributed by atoms with Gasteiger partial charge in [0.15, 0.2) is 0 Å². The van der Waals surface area contributed by atoms with Gasteiger partial charge < -0.3 is 11.1 Å². The molecule has 2 aromatic carbocycles. The summed E-state index contributed by atoms with van der Waals surface area (Å²) in [6.07, 6.45) is 5.62. The van der Waals surface area contributed by atoms with Gasteiger partial charge in [-0.15, -0.1) is 0 Å². The molecule has 2 aromatic rings. The Morgan fingerprint density at radius 1 is 0.857 bits per heavy atom. The number of hydrogen-bond donors (Lipinski definition) is 2. The monoisotopic (exact) mass is 280 g/mol. The first kappa shape index (κ1) is 14.2. The summed E-state index contributed by atoms with van der Waals surface area (Å²) >= 11 is 0. The number of benzene rings is 2. The molecule has 2 nitrogen and oxygen atoms in total. The van der Waals surface area contributed by atoms with Crippen LogP contribution in [0.2, 0.25) is 0 Å². The lowest BCUT2D eigenvalue weighted by Crippen LogP contribution is -2.33. The van der Waals surface area contributed by atoms with Crippen molar-refractivity contribution in [2.24, 2.45) is 5.73 Å². The summed E-state index contributed by atoms with van der Waals surface area (Å²) in [6.45, 7) is 0. The zero-order chi connectivity index (χ0) is 14.5. The highest BCUT2D eigenvalue weighted by Gasteiger charge is 2.18. The molecule has 1 fully saturated rings. The Hall–Kier alpha value is -1.80. The van der Waals surface area contributed by atoms with Crippen molar-refractivity contribution in [3.63, 3.8) is 0 Å². The molecule has 0 radical (unpaired) electrons. The first-order valence-electron chi connectivity index (χ1n) is 7.95. The predicted molar refractivity (Wildman–Crippen MR) is 89.5 cm³/mol. The molecule has 1 aliphatic carbocycles. The first-order chi connectivity index (χ1) is 10.3. The van der Waals surface area contributed by atoms with Crippen LogP contribution in [-0.4, -0.2) is 12.1 Å². The van der Waals surface area contributed by atoms with E-state index >= 15 is 0 Å². The summed E-state index contributed by atoms with van der Waals surface area (Å²) in [4.78, 5) is 0. The fourth-order valence-corrected chi connectivity index (χ4v) is 3.11. The van der Waals surface area contributed by atoms with E-state index in [1.54, 1.807) is 0 Å². The first-order valence-corrected chi connectivity index (χ1v) is 7.95. The van der Waals surface area contributed by atoms with Gasteiger partial charge in [0.05, 0.1) is 0 Å². The summed E-state index contributed by atoms with van der Waals surface area (Å²) in [6, 6.07) is 20.3. The SMILES string of the molecule is NC1CCC(Nc2ccccc2Cc2ccccc2)CC1. The summed E-state index contributed by atoms with van der Waals surface area (Å²) in [7, 11) is 0. The zero-order valence-electron chi connectivity index (χ0n) is 12.5. The number of nitrogens with two attached hydrogens (primary N) is 1. The summed E-state index contributed by atoms with van der Waals surface area (Å²) in [5, 5.41) is 3.73. The number of hydrogen-bond acceptors (Lipinski definition) is 2. The van der Waals surface area contributed by atoms with Crippen molar-refractivity contribution < 1.29 is 0 Å². The maximum absolute atomic E-state index is 5.99. The van der Waals surface area contributed by atoms with Gasteiger partial charge in [-0.1, -0.05) is 48.5 Å². The van der Waals surface area contributed by atoms with Crippen LogP contribution in [0, 0.1) is 0 Å². The minimum atomic E-state index is 0.405. The Morgan fingerprint density at radius 3 is 2.29 bits per heavy atom. The number of nitrogens with one attached hydrogen (secondary N) is 1. The third kappa shape index (κ3) is 3.85. The molecule has 3 rings (SSSR count). The summed E-state index contributed by atoms with van der Waals surface area (Å²) in [5.41, 5.74) is 10.0. The third-order valence-electron chi connectivity index (χ3n) is 4.39. The molecule has 0 amide bonds. The second-order valence-corrected chi connectivity index (χ2v) is 6.08. The molecule has 0 heterocycles. The fraction of sp³-hybridized carbons (Fsp3) is 0.368. The van der Waals surface area contributed by atoms with Gasteiger partial charge in [0.2, 0.25) is 0 Å². The minimum Gasteiger partial charge on any atom is -0.382 e. The lowest BCUT2D eigenvalue weighted by molar-refractivity contribution is 0.411. The lowest BCUT2D eigenvalue weighted by atomic mass is 9.91. The smallest absolute Gasteiger partial charge is 0.0378 e. The molecule has 0 bridgehead atoms. The molecule has 1 aliphatic rings. The standard InChI is InChI=1S/C19H24N2/c20-17-10-12-18(13-11-17)21-19-9-5-4-8-16(19)14-15-6-2-1-3-7-15/h1-9,17-18,21H,10-14,20H2. The van der Waals surface area contributed by atoms with Crippen molar-refractivity contribution in [1.82, 2.24) is 0 Å². The van der Waals surface area contributed by atoms with Crippen LogP contribution in [0.4, 0.5) is 5.69 Å². The Kier molecular flexibility index (Phi) is 4.56. The quantitative estimate of drug-likeness (QED) is 0.889. The van der Waals surface area contributed by atoms with Crippen molar-refractivity contribution >= 4 is 5.69 Å². The highest BCUT2D eigenvalue weighted by atomic mass is 14.9. The fourth-order valence-electron chi connectivity index (χ4n) is 3.11. The van der Waals surface area contributed by atoms with Gasteiger partial charge in [-0.25, -0.2) is 0 Å². The molecule has 0 spiro atoms. The van der Waals surface area contributed by atoms with Crippen molar-refractivity contribution in [3.05, 3.63) is 65.7 Å². The molecule has 0 saturated heterocycles. The molecular weight excluding hydrogens is 256 g/mol. The minimum absolute atomic E-state index is 0.405. The highest BCUT2D eigenvalue weighted by molar-refractivity contribution is 5.53. The van der Waals surface area contributed by atoms with Crippen LogP contribution >= 0.6 is 0 Å². The van der Waals surface area contributed by atoms with E-state index in [1.165, 1.54) is 29.7 Å². The van der Waals surface area contributed by atoms with E-state index < -0.39 is 0 Å². The molecule has 0 aromatic heterocycles. The lowest BCUT2D eigenvalue weighted by Gasteiger charge is -2.28. The maximum atomic E-state index is 5.99. The van der Waals surface area contributed by atoms with E-state index in [2.05, 4.69) is 59.9 Å². The van der Waals surface area contributed by atoms with Gasteiger partial charge in [0, 0.05) is 17.8 Å². The van der Waals surface area contributed by atoms with Gasteiger partial charge in [-0.05, 0) is 49.3 Å². The third-order valence-corrected chi connectivity index (χ3v) is 4.39. The molecular formula is C19H24N2. The zero-order valence-corrected chi connectivity index (χ0v) is 12.5. The molecule has 0 aliphatic heterocycles. The summed E-state index contributed by atoms with van der Waals surface area (Å²) in [5.74, 6) is 0. The van der Waals surface area contributed by atoms with E-state index in [9.17, 15) is 0 Å². The van der Waals surface area contributed by atoms with Gasteiger partial charge in [-0.3, -0.25) is 0 Å². The Balaban J connectivity index is 1.70. The average molecular weight is 280 g/mol. The number of rotatable bonds is 4. The molecule has 0 atom stereocenters. The van der Waals surface area contributed by atoms with E-state index in [4.69, 9.17) is 5.73 Å². The van der Waals surface area contributed by atoms with Crippen LogP contribution in [0.15, 0.2) is 54.6 Å². The molecule has 21 heavy (non-hydrogen) atoms. The molecule has 1 saturated carbocycles. The van der Waals surface area contributed by atoms with Gasteiger partial charge in [0.25, 0.3) is 0 Å². The predicted octanol–water partition coefficient (Wildman–Crippen LogP) is 3.96. The maximum Gasteiger partial charge on any atom is 0.0378 e.